The number of hydrogen-bond donors (Lipinski definition) is 1. The Kier molecular flexibility index (Phi) is 7.90. The van der Waals surface area contributed by atoms with Crippen molar-refractivity contribution in [1.82, 2.24) is 4.72 Å². The van der Waals surface area contributed by atoms with Gasteiger partial charge in [-0.1, -0.05) is 53.7 Å². The highest BCUT2D eigenvalue weighted by Crippen LogP contribution is 2.34. The van der Waals surface area contributed by atoms with Crippen molar-refractivity contribution in [3.05, 3.63) is 28.8 Å². The van der Waals surface area contributed by atoms with Gasteiger partial charge in [0.1, 0.15) is 0 Å². The standard InChI is InChI=1S/C19H33NO3S/c1-8-23-10-9-20-24(21,22)19-17(14(4)5)11-16(13(2)3)12-18(19)15(6)7/h11-15,20H,8-10H2,1-7H3. The molecule has 0 radical (unpaired) electrons. The quantitative estimate of drug-likeness (QED) is 0.669. The van der Waals surface area contributed by atoms with E-state index < -0.39 is 10.0 Å². The van der Waals surface area contributed by atoms with Crippen molar-refractivity contribution in [3.8, 4) is 0 Å². The van der Waals surface area contributed by atoms with E-state index in [0.717, 1.165) is 11.1 Å². The van der Waals surface area contributed by atoms with Crippen LogP contribution in [0.15, 0.2) is 17.0 Å². The maximum Gasteiger partial charge on any atom is 0.241 e. The molecular formula is C19H33NO3S. The molecule has 24 heavy (non-hydrogen) atoms. The lowest BCUT2D eigenvalue weighted by molar-refractivity contribution is 0.153. The summed E-state index contributed by atoms with van der Waals surface area (Å²) < 4.78 is 33.9. The Bertz CT molecular complexity index is 605. The van der Waals surface area contributed by atoms with Crippen LogP contribution in [0.2, 0.25) is 0 Å². The number of nitrogens with one attached hydrogen (secondary N) is 1. The van der Waals surface area contributed by atoms with E-state index in [9.17, 15) is 8.42 Å². The number of hydrogen-bond acceptors (Lipinski definition) is 3. The van der Waals surface area contributed by atoms with Crippen LogP contribution in [-0.2, 0) is 14.8 Å². The van der Waals surface area contributed by atoms with Gasteiger partial charge >= 0.3 is 0 Å². The summed E-state index contributed by atoms with van der Waals surface area (Å²) >= 11 is 0. The first-order chi connectivity index (χ1) is 11.1. The van der Waals surface area contributed by atoms with Gasteiger partial charge in [0.2, 0.25) is 10.0 Å². The zero-order valence-electron chi connectivity index (χ0n) is 16.1. The van der Waals surface area contributed by atoms with Gasteiger partial charge in [-0.15, -0.1) is 0 Å². The highest BCUT2D eigenvalue weighted by molar-refractivity contribution is 7.89. The van der Waals surface area contributed by atoms with Crippen LogP contribution in [0.5, 0.6) is 0 Å². The molecule has 0 fully saturated rings. The Labute approximate surface area is 148 Å². The van der Waals surface area contributed by atoms with E-state index in [1.165, 1.54) is 5.56 Å². The second-order valence-corrected chi connectivity index (χ2v) is 8.79. The maximum atomic E-state index is 13.0. The molecule has 0 aromatic heterocycles. The molecule has 0 aliphatic rings. The molecule has 0 aliphatic heterocycles. The van der Waals surface area contributed by atoms with Crippen LogP contribution in [0.3, 0.4) is 0 Å². The van der Waals surface area contributed by atoms with Crippen LogP contribution >= 0.6 is 0 Å². The third-order valence-electron chi connectivity index (χ3n) is 4.09. The monoisotopic (exact) mass is 355 g/mol. The Morgan fingerprint density at radius 2 is 1.46 bits per heavy atom. The minimum Gasteiger partial charge on any atom is -0.380 e. The molecule has 0 heterocycles. The molecule has 0 amide bonds. The highest BCUT2D eigenvalue weighted by atomic mass is 32.2. The molecule has 0 saturated carbocycles. The molecule has 0 atom stereocenters. The van der Waals surface area contributed by atoms with Crippen molar-refractivity contribution in [2.45, 2.75) is 71.1 Å². The van der Waals surface area contributed by atoms with Crippen molar-refractivity contribution in [2.75, 3.05) is 19.8 Å². The van der Waals surface area contributed by atoms with Gasteiger partial charge < -0.3 is 4.74 Å². The van der Waals surface area contributed by atoms with Gasteiger partial charge in [-0.2, -0.15) is 0 Å². The summed E-state index contributed by atoms with van der Waals surface area (Å²) in [5, 5.41) is 0. The topological polar surface area (TPSA) is 55.4 Å². The Morgan fingerprint density at radius 1 is 0.958 bits per heavy atom. The summed E-state index contributed by atoms with van der Waals surface area (Å²) in [6.45, 7) is 15.6. The van der Waals surface area contributed by atoms with Gasteiger partial charge in [0, 0.05) is 13.2 Å². The van der Waals surface area contributed by atoms with Crippen molar-refractivity contribution in [1.29, 1.82) is 0 Å². The maximum absolute atomic E-state index is 13.0. The third-order valence-corrected chi connectivity index (χ3v) is 5.68. The first-order valence-electron chi connectivity index (χ1n) is 8.86. The normalized spacial score (nSPS) is 12.6. The van der Waals surface area contributed by atoms with Gasteiger partial charge in [-0.05, 0) is 41.4 Å². The van der Waals surface area contributed by atoms with E-state index in [4.69, 9.17) is 4.74 Å². The first-order valence-corrected chi connectivity index (χ1v) is 10.3. The van der Waals surface area contributed by atoms with Gasteiger partial charge in [0.15, 0.2) is 0 Å². The van der Waals surface area contributed by atoms with Crippen molar-refractivity contribution in [3.63, 3.8) is 0 Å². The fraction of sp³-hybridized carbons (Fsp3) is 0.684. The zero-order chi connectivity index (χ0) is 18.5. The van der Waals surface area contributed by atoms with Crippen molar-refractivity contribution < 1.29 is 13.2 Å². The summed E-state index contributed by atoms with van der Waals surface area (Å²) in [7, 11) is -3.56. The first kappa shape index (κ1) is 21.1. The molecule has 0 bridgehead atoms. The lowest BCUT2D eigenvalue weighted by Crippen LogP contribution is -2.29. The summed E-state index contributed by atoms with van der Waals surface area (Å²) in [6.07, 6.45) is 0. The number of benzene rings is 1. The van der Waals surface area contributed by atoms with Crippen LogP contribution in [0.1, 0.15) is 82.9 Å². The fourth-order valence-electron chi connectivity index (χ4n) is 2.66. The van der Waals surface area contributed by atoms with E-state index in [1.54, 1.807) is 0 Å². The molecule has 4 nitrogen and oxygen atoms in total. The van der Waals surface area contributed by atoms with Crippen molar-refractivity contribution in [2.24, 2.45) is 0 Å². The molecule has 138 valence electrons. The summed E-state index contributed by atoms with van der Waals surface area (Å²) in [6, 6.07) is 4.11. The lowest BCUT2D eigenvalue weighted by atomic mass is 9.89. The van der Waals surface area contributed by atoms with E-state index in [-0.39, 0.29) is 18.4 Å². The van der Waals surface area contributed by atoms with Gasteiger partial charge in [0.25, 0.3) is 0 Å². The molecule has 1 N–H and O–H groups in total. The van der Waals surface area contributed by atoms with E-state index in [1.807, 2.05) is 34.6 Å². The smallest absolute Gasteiger partial charge is 0.241 e. The minimum atomic E-state index is -3.56. The van der Waals surface area contributed by atoms with Crippen LogP contribution in [0.25, 0.3) is 0 Å². The summed E-state index contributed by atoms with van der Waals surface area (Å²) in [5.74, 6) is 0.641. The third kappa shape index (κ3) is 5.30. The van der Waals surface area contributed by atoms with Crippen molar-refractivity contribution >= 4 is 10.0 Å². The molecule has 0 aliphatic carbocycles. The Hall–Kier alpha value is -0.910. The minimum absolute atomic E-state index is 0.139. The number of ether oxygens (including phenoxy) is 1. The largest absolute Gasteiger partial charge is 0.380 e. The number of rotatable bonds is 9. The lowest BCUT2D eigenvalue weighted by Gasteiger charge is -2.23. The second kappa shape index (κ2) is 8.97. The summed E-state index contributed by atoms with van der Waals surface area (Å²) in [4.78, 5) is 0.452. The molecule has 5 heteroatoms. The highest BCUT2D eigenvalue weighted by Gasteiger charge is 2.26. The van der Waals surface area contributed by atoms with Crippen LogP contribution in [0, 0.1) is 0 Å². The van der Waals surface area contributed by atoms with Gasteiger partial charge in [-0.25, -0.2) is 13.1 Å². The molecule has 0 saturated heterocycles. The fourth-order valence-corrected chi connectivity index (χ4v) is 4.37. The number of sulfonamides is 1. The van der Waals surface area contributed by atoms with Crippen LogP contribution in [0.4, 0.5) is 0 Å². The predicted molar refractivity (Wildman–Crippen MR) is 100 cm³/mol. The zero-order valence-corrected chi connectivity index (χ0v) is 17.0. The average Bonchev–Trinajstić information content (AvgIpc) is 2.50. The van der Waals surface area contributed by atoms with E-state index >= 15 is 0 Å². The Balaban J connectivity index is 3.43. The van der Waals surface area contributed by atoms with E-state index in [0.29, 0.717) is 24.0 Å². The Morgan fingerprint density at radius 3 is 1.83 bits per heavy atom. The molecule has 0 spiro atoms. The second-order valence-electron chi connectivity index (χ2n) is 7.09. The van der Waals surface area contributed by atoms with E-state index in [2.05, 4.69) is 30.7 Å². The molecule has 1 rings (SSSR count). The predicted octanol–water partition coefficient (Wildman–Crippen LogP) is 4.37. The molecule has 0 unspecified atom stereocenters. The average molecular weight is 356 g/mol. The van der Waals surface area contributed by atoms with Gasteiger partial charge in [0.05, 0.1) is 11.5 Å². The molecule has 1 aromatic carbocycles. The molecular weight excluding hydrogens is 322 g/mol. The van der Waals surface area contributed by atoms with Crippen LogP contribution < -0.4 is 4.72 Å². The molecule has 1 aromatic rings. The van der Waals surface area contributed by atoms with Crippen LogP contribution in [-0.4, -0.2) is 28.2 Å². The SMILES string of the molecule is CCOCCNS(=O)(=O)c1c(C(C)C)cc(C(C)C)cc1C(C)C. The summed E-state index contributed by atoms with van der Waals surface area (Å²) in [5.41, 5.74) is 2.98. The van der Waals surface area contributed by atoms with Gasteiger partial charge in [-0.3, -0.25) is 0 Å².